The molecule has 1 aliphatic rings. The maximum absolute atomic E-state index is 13.4. The van der Waals surface area contributed by atoms with E-state index in [1.807, 2.05) is 42.5 Å². The fourth-order valence-electron chi connectivity index (χ4n) is 4.26. The molecule has 0 radical (unpaired) electrons. The highest BCUT2D eigenvalue weighted by atomic mass is 35.5. The van der Waals surface area contributed by atoms with E-state index in [2.05, 4.69) is 4.98 Å². The number of halogens is 1. The van der Waals surface area contributed by atoms with E-state index in [1.165, 1.54) is 4.90 Å². The van der Waals surface area contributed by atoms with Gasteiger partial charge in [-0.2, -0.15) is 0 Å². The van der Waals surface area contributed by atoms with Crippen LogP contribution < -0.4 is 4.74 Å². The highest BCUT2D eigenvalue weighted by Crippen LogP contribution is 2.29. The van der Waals surface area contributed by atoms with Crippen LogP contribution in [0.4, 0.5) is 9.59 Å². The standard InChI is InChI=1S/C28H30ClN3O6/c1-28(2,3)38-27(35)31-17-21(32(26(29)34)36-18-19-9-5-4-6-10-19)14-15-22(31)25(33)37-23-13-7-11-20-12-8-16-30-24(20)23/h4-13,16,21-22H,14-15,17-18H2,1-3H3/t21-,22+/m1/s1. The zero-order chi connectivity index (χ0) is 27.3. The van der Waals surface area contributed by atoms with Crippen molar-refractivity contribution in [3.05, 3.63) is 72.4 Å². The molecule has 200 valence electrons. The number of esters is 1. The number of rotatable bonds is 6. The molecule has 9 nitrogen and oxygen atoms in total. The zero-order valence-corrected chi connectivity index (χ0v) is 22.3. The summed E-state index contributed by atoms with van der Waals surface area (Å²) in [7, 11) is 0. The molecule has 38 heavy (non-hydrogen) atoms. The van der Waals surface area contributed by atoms with Gasteiger partial charge >= 0.3 is 17.4 Å². The molecule has 1 saturated heterocycles. The number of aromatic nitrogens is 1. The van der Waals surface area contributed by atoms with Crippen molar-refractivity contribution in [3.63, 3.8) is 0 Å². The van der Waals surface area contributed by atoms with Gasteiger partial charge in [-0.15, -0.1) is 0 Å². The van der Waals surface area contributed by atoms with E-state index in [-0.39, 0.29) is 19.6 Å². The molecule has 2 heterocycles. The van der Waals surface area contributed by atoms with Gasteiger partial charge in [-0.25, -0.2) is 14.7 Å². The second kappa shape index (κ2) is 11.8. The lowest BCUT2D eigenvalue weighted by atomic mass is 9.98. The van der Waals surface area contributed by atoms with Crippen LogP contribution >= 0.6 is 11.6 Å². The number of nitrogens with zero attached hydrogens (tertiary/aromatic N) is 3. The molecule has 0 aliphatic carbocycles. The van der Waals surface area contributed by atoms with Crippen molar-refractivity contribution in [2.24, 2.45) is 0 Å². The number of hydrogen-bond donors (Lipinski definition) is 0. The molecule has 10 heteroatoms. The summed E-state index contributed by atoms with van der Waals surface area (Å²) in [6, 6.07) is 16.7. The first-order chi connectivity index (χ1) is 18.1. The van der Waals surface area contributed by atoms with Gasteiger partial charge < -0.3 is 9.47 Å². The average Bonchev–Trinajstić information content (AvgIpc) is 2.88. The largest absolute Gasteiger partial charge is 0.444 e. The van der Waals surface area contributed by atoms with Gasteiger partial charge in [-0.05, 0) is 62.9 Å². The minimum atomic E-state index is -0.943. The Balaban J connectivity index is 1.54. The van der Waals surface area contributed by atoms with E-state index in [9.17, 15) is 14.4 Å². The number of likely N-dealkylation sites (tertiary alicyclic amines) is 1. The van der Waals surface area contributed by atoms with Crippen LogP contribution in [0.2, 0.25) is 0 Å². The Morgan fingerprint density at radius 2 is 1.76 bits per heavy atom. The number of carbonyl (C=O) groups excluding carboxylic acids is 3. The minimum Gasteiger partial charge on any atom is -0.444 e. The van der Waals surface area contributed by atoms with Crippen LogP contribution in [0.5, 0.6) is 5.75 Å². The molecular weight excluding hydrogens is 510 g/mol. The molecule has 3 aromatic rings. The smallest absolute Gasteiger partial charge is 0.411 e. The van der Waals surface area contributed by atoms with E-state index in [4.69, 9.17) is 25.9 Å². The summed E-state index contributed by atoms with van der Waals surface area (Å²) in [6.45, 7) is 5.29. The number of amides is 2. The number of carbonyl (C=O) groups is 3. The van der Waals surface area contributed by atoms with Crippen molar-refractivity contribution < 1.29 is 28.7 Å². The van der Waals surface area contributed by atoms with Gasteiger partial charge in [0.15, 0.2) is 5.75 Å². The average molecular weight is 540 g/mol. The van der Waals surface area contributed by atoms with Crippen LogP contribution in [-0.4, -0.2) is 56.6 Å². The monoisotopic (exact) mass is 539 g/mol. The zero-order valence-electron chi connectivity index (χ0n) is 21.5. The Kier molecular flexibility index (Phi) is 8.48. The van der Waals surface area contributed by atoms with Gasteiger partial charge in [0, 0.05) is 18.1 Å². The maximum Gasteiger partial charge on any atom is 0.411 e. The third-order valence-corrected chi connectivity index (χ3v) is 6.15. The van der Waals surface area contributed by atoms with Crippen molar-refractivity contribution in [1.82, 2.24) is 14.9 Å². The Bertz CT molecular complexity index is 1290. The molecule has 0 bridgehead atoms. The Labute approximate surface area is 226 Å². The molecule has 2 atom stereocenters. The predicted molar refractivity (Wildman–Crippen MR) is 141 cm³/mol. The van der Waals surface area contributed by atoms with Gasteiger partial charge in [0.2, 0.25) is 0 Å². The summed E-state index contributed by atoms with van der Waals surface area (Å²) in [5.41, 5.74) is 0.582. The Morgan fingerprint density at radius 3 is 2.47 bits per heavy atom. The summed E-state index contributed by atoms with van der Waals surface area (Å²) in [5.74, 6) is -0.329. The van der Waals surface area contributed by atoms with Crippen molar-refractivity contribution in [2.45, 2.75) is 57.9 Å². The van der Waals surface area contributed by atoms with Crippen LogP contribution in [-0.2, 0) is 21.0 Å². The van der Waals surface area contributed by atoms with Crippen molar-refractivity contribution in [3.8, 4) is 5.75 Å². The Hall–Kier alpha value is -3.69. The number of hydrogen-bond acceptors (Lipinski definition) is 7. The lowest BCUT2D eigenvalue weighted by molar-refractivity contribution is -0.165. The molecule has 0 spiro atoms. The topological polar surface area (TPSA) is 98.3 Å². The summed E-state index contributed by atoms with van der Waals surface area (Å²) < 4.78 is 11.3. The third-order valence-electron chi connectivity index (χ3n) is 5.98. The number of fused-ring (bicyclic) bond motifs is 1. The SMILES string of the molecule is CC(C)(C)OC(=O)N1C[C@H](N(OCc2ccccc2)C(=O)Cl)CC[C@H]1C(=O)Oc1cccc2cccnc12. The van der Waals surface area contributed by atoms with Gasteiger partial charge in [-0.3, -0.25) is 19.5 Å². The quantitative estimate of drug-likeness (QED) is 0.130. The molecule has 2 amide bonds. The molecule has 1 fully saturated rings. The highest BCUT2D eigenvalue weighted by Gasteiger charge is 2.42. The lowest BCUT2D eigenvalue weighted by Gasteiger charge is -2.41. The van der Waals surface area contributed by atoms with E-state index in [1.54, 1.807) is 45.2 Å². The molecular formula is C28H30ClN3O6. The number of ether oxygens (including phenoxy) is 2. The van der Waals surface area contributed by atoms with Gasteiger partial charge in [0.25, 0.3) is 0 Å². The van der Waals surface area contributed by atoms with E-state index in [0.717, 1.165) is 16.0 Å². The fraction of sp³-hybridized carbons (Fsp3) is 0.357. The molecule has 0 N–H and O–H groups in total. The van der Waals surface area contributed by atoms with E-state index < -0.39 is 35.1 Å². The molecule has 0 unspecified atom stereocenters. The first kappa shape index (κ1) is 27.3. The van der Waals surface area contributed by atoms with Crippen molar-refractivity contribution in [1.29, 1.82) is 0 Å². The number of hydroxylamine groups is 2. The molecule has 2 aromatic carbocycles. The first-order valence-corrected chi connectivity index (χ1v) is 12.7. The molecule has 1 aromatic heterocycles. The van der Waals surface area contributed by atoms with Crippen LogP contribution in [0.25, 0.3) is 10.9 Å². The van der Waals surface area contributed by atoms with E-state index in [0.29, 0.717) is 17.7 Å². The maximum atomic E-state index is 13.4. The first-order valence-electron chi connectivity index (χ1n) is 12.3. The highest BCUT2D eigenvalue weighted by molar-refractivity contribution is 6.62. The van der Waals surface area contributed by atoms with Crippen LogP contribution in [0.15, 0.2) is 66.9 Å². The lowest BCUT2D eigenvalue weighted by Crippen LogP contribution is -2.58. The van der Waals surface area contributed by atoms with E-state index >= 15 is 0 Å². The summed E-state index contributed by atoms with van der Waals surface area (Å²) in [5, 5.41) is 1.05. The predicted octanol–water partition coefficient (Wildman–Crippen LogP) is 5.70. The third kappa shape index (κ3) is 6.79. The van der Waals surface area contributed by atoms with Crippen molar-refractivity contribution in [2.75, 3.05) is 6.54 Å². The van der Waals surface area contributed by atoms with Gasteiger partial charge in [-0.1, -0.05) is 48.5 Å². The van der Waals surface area contributed by atoms with Gasteiger partial charge in [0.05, 0.1) is 6.04 Å². The van der Waals surface area contributed by atoms with Crippen LogP contribution in [0.1, 0.15) is 39.2 Å². The number of para-hydroxylation sites is 1. The number of piperidine rings is 1. The number of benzene rings is 2. The number of pyridine rings is 1. The fourth-order valence-corrected chi connectivity index (χ4v) is 4.45. The molecule has 4 rings (SSSR count). The van der Waals surface area contributed by atoms with Crippen molar-refractivity contribution >= 4 is 39.9 Å². The Morgan fingerprint density at radius 1 is 1.03 bits per heavy atom. The molecule has 0 saturated carbocycles. The van der Waals surface area contributed by atoms with Gasteiger partial charge in [0.1, 0.15) is 23.8 Å². The molecule has 1 aliphatic heterocycles. The summed E-state index contributed by atoms with van der Waals surface area (Å²) in [6.07, 6.45) is 1.46. The summed E-state index contributed by atoms with van der Waals surface area (Å²) >= 11 is 5.87. The normalized spacial score (nSPS) is 17.6. The second-order valence-corrected chi connectivity index (χ2v) is 10.3. The van der Waals surface area contributed by atoms with Crippen LogP contribution in [0, 0.1) is 0 Å². The van der Waals surface area contributed by atoms with Crippen LogP contribution in [0.3, 0.4) is 0 Å². The summed E-state index contributed by atoms with van der Waals surface area (Å²) in [4.78, 5) is 50.2. The minimum absolute atomic E-state index is 0.0320. The second-order valence-electron chi connectivity index (χ2n) is 9.97.